The van der Waals surface area contributed by atoms with Gasteiger partial charge in [0.25, 0.3) is 0 Å². The van der Waals surface area contributed by atoms with Crippen molar-refractivity contribution in [2.75, 3.05) is 31.6 Å². The molecule has 1 aromatic carbocycles. The van der Waals surface area contributed by atoms with Crippen molar-refractivity contribution in [2.24, 2.45) is 7.05 Å². The van der Waals surface area contributed by atoms with E-state index in [1.54, 1.807) is 13.4 Å². The van der Waals surface area contributed by atoms with Gasteiger partial charge in [-0.15, -0.1) is 10.2 Å². The smallest absolute Gasteiger partial charge is 0.223 e. The highest BCUT2D eigenvalue weighted by Crippen LogP contribution is 2.29. The number of carbonyl (C=O) groups is 1. The van der Waals surface area contributed by atoms with E-state index in [9.17, 15) is 4.79 Å². The third-order valence-corrected chi connectivity index (χ3v) is 4.74. The highest BCUT2D eigenvalue weighted by molar-refractivity contribution is 5.77. The summed E-state index contributed by atoms with van der Waals surface area (Å²) in [5.41, 5.74) is 1.09. The fraction of sp³-hybridized carbons (Fsp3) is 0.500. The van der Waals surface area contributed by atoms with Crippen LogP contribution < -0.4 is 9.64 Å². The molecule has 3 rings (SSSR count). The number of benzene rings is 1. The van der Waals surface area contributed by atoms with Gasteiger partial charge in [0.05, 0.1) is 12.8 Å². The van der Waals surface area contributed by atoms with E-state index in [2.05, 4.69) is 28.1 Å². The fourth-order valence-electron chi connectivity index (χ4n) is 3.33. The number of aryl methyl sites for hydroxylation is 2. The second-order valence-corrected chi connectivity index (χ2v) is 6.41. The number of piperazine rings is 1. The first-order valence-electron chi connectivity index (χ1n) is 8.60. The van der Waals surface area contributed by atoms with Crippen LogP contribution >= 0.6 is 0 Å². The van der Waals surface area contributed by atoms with Gasteiger partial charge in [0.2, 0.25) is 5.91 Å². The van der Waals surface area contributed by atoms with Crippen molar-refractivity contribution in [1.29, 1.82) is 0 Å². The number of aromatic nitrogens is 3. The van der Waals surface area contributed by atoms with Crippen molar-refractivity contribution in [2.45, 2.75) is 25.8 Å². The Hall–Kier alpha value is -2.57. The zero-order valence-corrected chi connectivity index (χ0v) is 15.1. The van der Waals surface area contributed by atoms with Crippen molar-refractivity contribution in [3.63, 3.8) is 0 Å². The zero-order valence-electron chi connectivity index (χ0n) is 15.1. The Balaban J connectivity index is 1.59. The first kappa shape index (κ1) is 17.3. The monoisotopic (exact) mass is 343 g/mol. The number of ether oxygens (including phenoxy) is 1. The molecule has 0 bridgehead atoms. The summed E-state index contributed by atoms with van der Waals surface area (Å²) in [4.78, 5) is 16.9. The van der Waals surface area contributed by atoms with Crippen molar-refractivity contribution >= 4 is 11.6 Å². The maximum atomic E-state index is 12.6. The second-order valence-electron chi connectivity index (χ2n) is 6.41. The summed E-state index contributed by atoms with van der Waals surface area (Å²) in [6.07, 6.45) is 2.74. The molecule has 2 heterocycles. The van der Waals surface area contributed by atoms with Gasteiger partial charge in [-0.25, -0.2) is 0 Å². The molecule has 134 valence electrons. The molecular formula is C18H25N5O2. The molecule has 0 unspecified atom stereocenters. The van der Waals surface area contributed by atoms with Crippen LogP contribution in [-0.2, 0) is 18.3 Å². The lowest BCUT2D eigenvalue weighted by atomic mass is 10.1. The Labute approximate surface area is 148 Å². The molecule has 0 radical (unpaired) electrons. The maximum absolute atomic E-state index is 12.6. The van der Waals surface area contributed by atoms with Gasteiger partial charge in [0, 0.05) is 45.6 Å². The molecule has 1 fully saturated rings. The van der Waals surface area contributed by atoms with Crippen LogP contribution in [0.15, 0.2) is 30.6 Å². The summed E-state index contributed by atoms with van der Waals surface area (Å²) < 4.78 is 7.32. The van der Waals surface area contributed by atoms with Gasteiger partial charge in [-0.2, -0.15) is 0 Å². The van der Waals surface area contributed by atoms with Gasteiger partial charge in [-0.05, 0) is 19.1 Å². The number of methoxy groups -OCH3 is 1. The summed E-state index contributed by atoms with van der Waals surface area (Å²) in [6.45, 7) is 4.43. The third-order valence-electron chi connectivity index (χ3n) is 4.74. The van der Waals surface area contributed by atoms with Gasteiger partial charge in [-0.3, -0.25) is 4.79 Å². The van der Waals surface area contributed by atoms with Gasteiger partial charge in [0.1, 0.15) is 17.9 Å². The first-order chi connectivity index (χ1) is 12.1. The largest absolute Gasteiger partial charge is 0.495 e. The Morgan fingerprint density at radius 3 is 2.80 bits per heavy atom. The predicted octanol–water partition coefficient (Wildman–Crippen LogP) is 1.49. The molecule has 0 saturated carbocycles. The molecule has 2 aromatic rings. The van der Waals surface area contributed by atoms with Gasteiger partial charge in [0.15, 0.2) is 0 Å². The van der Waals surface area contributed by atoms with Crippen molar-refractivity contribution in [3.05, 3.63) is 36.4 Å². The van der Waals surface area contributed by atoms with E-state index in [0.717, 1.165) is 36.9 Å². The van der Waals surface area contributed by atoms with E-state index < -0.39 is 0 Å². The van der Waals surface area contributed by atoms with Crippen molar-refractivity contribution < 1.29 is 9.53 Å². The van der Waals surface area contributed by atoms with E-state index in [4.69, 9.17) is 4.74 Å². The number of carbonyl (C=O) groups excluding carboxylic acids is 1. The van der Waals surface area contributed by atoms with E-state index in [0.29, 0.717) is 12.8 Å². The van der Waals surface area contributed by atoms with E-state index in [1.165, 1.54) is 0 Å². The summed E-state index contributed by atoms with van der Waals surface area (Å²) in [5.74, 6) is 1.89. The molecule has 0 N–H and O–H groups in total. The number of rotatable bonds is 5. The molecule has 1 aromatic heterocycles. The number of para-hydroxylation sites is 2. The maximum Gasteiger partial charge on any atom is 0.223 e. The Morgan fingerprint density at radius 1 is 1.32 bits per heavy atom. The molecule has 7 nitrogen and oxygen atoms in total. The molecular weight excluding hydrogens is 318 g/mol. The van der Waals surface area contributed by atoms with Crippen LogP contribution in [0, 0.1) is 0 Å². The Bertz CT molecular complexity index is 730. The average Bonchev–Trinajstić information content (AvgIpc) is 3.04. The summed E-state index contributed by atoms with van der Waals surface area (Å²) in [7, 11) is 3.59. The number of nitrogens with zero attached hydrogens (tertiary/aromatic N) is 5. The number of hydrogen-bond acceptors (Lipinski definition) is 5. The standard InChI is InChI=1S/C18H25N5O2/c1-14-12-22(15-6-4-5-7-16(15)25-3)10-11-23(14)18(24)9-8-17-20-19-13-21(17)2/h4-7,13-14H,8-12H2,1-3H3/t14-/m1/s1. The quantitative estimate of drug-likeness (QED) is 0.823. The van der Waals surface area contributed by atoms with Crippen molar-refractivity contribution in [1.82, 2.24) is 19.7 Å². The van der Waals surface area contributed by atoms with Crippen LogP contribution in [0.2, 0.25) is 0 Å². The lowest BCUT2D eigenvalue weighted by Crippen LogP contribution is -2.54. The molecule has 25 heavy (non-hydrogen) atoms. The lowest BCUT2D eigenvalue weighted by Gasteiger charge is -2.41. The molecule has 1 aliphatic rings. The summed E-state index contributed by atoms with van der Waals surface area (Å²) in [6, 6.07) is 8.18. The highest BCUT2D eigenvalue weighted by Gasteiger charge is 2.28. The van der Waals surface area contributed by atoms with Crippen LogP contribution in [0.1, 0.15) is 19.2 Å². The lowest BCUT2D eigenvalue weighted by molar-refractivity contribution is -0.133. The minimum absolute atomic E-state index is 0.158. The van der Waals surface area contributed by atoms with Gasteiger partial charge >= 0.3 is 0 Å². The third kappa shape index (κ3) is 3.75. The normalized spacial score (nSPS) is 17.6. The molecule has 7 heteroatoms. The molecule has 1 amide bonds. The first-order valence-corrected chi connectivity index (χ1v) is 8.60. The van der Waals surface area contributed by atoms with Crippen LogP contribution in [0.4, 0.5) is 5.69 Å². The molecule has 0 aliphatic carbocycles. The van der Waals surface area contributed by atoms with Crippen LogP contribution in [-0.4, -0.2) is 58.4 Å². The minimum atomic E-state index is 0.158. The van der Waals surface area contributed by atoms with E-state index >= 15 is 0 Å². The number of hydrogen-bond donors (Lipinski definition) is 0. The van der Waals surface area contributed by atoms with Crippen molar-refractivity contribution in [3.8, 4) is 5.75 Å². The minimum Gasteiger partial charge on any atom is -0.495 e. The van der Waals surface area contributed by atoms with Crippen LogP contribution in [0.5, 0.6) is 5.75 Å². The summed E-state index contributed by atoms with van der Waals surface area (Å²) in [5, 5.41) is 7.90. The SMILES string of the molecule is COc1ccccc1N1CCN(C(=O)CCc2nncn2C)[C@H](C)C1. The number of anilines is 1. The van der Waals surface area contributed by atoms with E-state index in [1.807, 2.05) is 34.7 Å². The molecule has 1 saturated heterocycles. The molecule has 0 spiro atoms. The van der Waals surface area contributed by atoms with Crippen LogP contribution in [0.25, 0.3) is 0 Å². The Morgan fingerprint density at radius 2 is 2.12 bits per heavy atom. The fourth-order valence-corrected chi connectivity index (χ4v) is 3.33. The molecule has 1 aliphatic heterocycles. The van der Waals surface area contributed by atoms with Gasteiger partial charge < -0.3 is 19.1 Å². The predicted molar refractivity (Wildman–Crippen MR) is 95.7 cm³/mol. The zero-order chi connectivity index (χ0) is 17.8. The van der Waals surface area contributed by atoms with E-state index in [-0.39, 0.29) is 11.9 Å². The molecule has 1 atom stereocenters. The van der Waals surface area contributed by atoms with Crippen LogP contribution in [0.3, 0.4) is 0 Å². The topological polar surface area (TPSA) is 63.5 Å². The highest BCUT2D eigenvalue weighted by atomic mass is 16.5. The second kappa shape index (κ2) is 7.55. The summed E-state index contributed by atoms with van der Waals surface area (Å²) >= 11 is 0. The Kier molecular flexibility index (Phi) is 5.21. The van der Waals surface area contributed by atoms with Gasteiger partial charge in [-0.1, -0.05) is 12.1 Å². The average molecular weight is 343 g/mol. The number of amides is 1.